The summed E-state index contributed by atoms with van der Waals surface area (Å²) in [6.45, 7) is 2.36. The Kier molecular flexibility index (Phi) is 4.55. The average molecular weight is 385 g/mol. The highest BCUT2D eigenvalue weighted by Gasteiger charge is 2.59. The molecule has 1 heterocycles. The number of allylic oxidation sites excluding steroid dienone is 1. The third kappa shape index (κ3) is 2.83. The van der Waals surface area contributed by atoms with E-state index < -0.39 is 6.10 Å². The molecule has 4 aliphatic carbocycles. The van der Waals surface area contributed by atoms with Crippen LogP contribution in [0, 0.1) is 35.0 Å². The molecule has 4 nitrogen and oxygen atoms in total. The first-order valence-corrected chi connectivity index (χ1v) is 11.1. The van der Waals surface area contributed by atoms with Crippen LogP contribution in [0.3, 0.4) is 0 Å². The molecule has 1 aromatic rings. The Bertz CT molecular complexity index is 766. The van der Waals surface area contributed by atoms with E-state index in [1.54, 1.807) is 6.26 Å². The lowest BCUT2D eigenvalue weighted by Crippen LogP contribution is -2.58. The van der Waals surface area contributed by atoms with Gasteiger partial charge in [0.25, 0.3) is 0 Å². The Hall–Kier alpha value is -1.39. The van der Waals surface area contributed by atoms with Crippen LogP contribution in [0.15, 0.2) is 28.4 Å². The van der Waals surface area contributed by atoms with Crippen molar-refractivity contribution in [3.63, 3.8) is 0 Å². The molecule has 4 saturated carbocycles. The molecule has 2 N–H and O–H groups in total. The number of aliphatic hydroxyl groups excluding tert-OH is 2. The van der Waals surface area contributed by atoms with Crippen LogP contribution in [-0.4, -0.2) is 28.2 Å². The number of Topliss-reactive ketones (excluding diaryl/α,β-unsaturated/α-hetero) is 1. The summed E-state index contributed by atoms with van der Waals surface area (Å²) in [5.41, 5.74) is 0.974. The zero-order valence-corrected chi connectivity index (χ0v) is 16.7. The third-order valence-electron chi connectivity index (χ3n) is 8.81. The molecular weight excluding hydrogens is 352 g/mol. The summed E-state index contributed by atoms with van der Waals surface area (Å²) in [6.07, 6.45) is 10.4. The fourth-order valence-corrected chi connectivity index (χ4v) is 7.52. The van der Waals surface area contributed by atoms with Gasteiger partial charge in [0.15, 0.2) is 5.78 Å². The molecule has 28 heavy (non-hydrogen) atoms. The minimum Gasteiger partial charge on any atom is -0.465 e. The van der Waals surface area contributed by atoms with Crippen LogP contribution < -0.4 is 0 Å². The highest BCUT2D eigenvalue weighted by Crippen LogP contribution is 2.62. The molecule has 8 atom stereocenters. The molecule has 0 amide bonds. The summed E-state index contributed by atoms with van der Waals surface area (Å²) in [4.78, 5) is 13.3. The molecule has 0 saturated heterocycles. The fraction of sp³-hybridized carbons (Fsp3) is 0.708. The molecule has 0 bridgehead atoms. The van der Waals surface area contributed by atoms with E-state index in [0.29, 0.717) is 24.2 Å². The minimum atomic E-state index is -0.402. The number of ketones is 1. The van der Waals surface area contributed by atoms with Crippen LogP contribution in [0.2, 0.25) is 0 Å². The monoisotopic (exact) mass is 384 g/mol. The first-order valence-electron chi connectivity index (χ1n) is 11.1. The van der Waals surface area contributed by atoms with Crippen LogP contribution in [0.5, 0.6) is 0 Å². The molecule has 0 radical (unpaired) electrons. The van der Waals surface area contributed by atoms with E-state index in [9.17, 15) is 15.0 Å². The topological polar surface area (TPSA) is 70.7 Å². The summed E-state index contributed by atoms with van der Waals surface area (Å²) in [5, 5.41) is 21.4. The van der Waals surface area contributed by atoms with Crippen LogP contribution >= 0.6 is 0 Å². The molecule has 0 aliphatic heterocycles. The number of furan rings is 1. The van der Waals surface area contributed by atoms with E-state index in [1.807, 2.05) is 18.2 Å². The third-order valence-corrected chi connectivity index (χ3v) is 8.81. The molecule has 0 spiro atoms. The zero-order chi connectivity index (χ0) is 19.5. The van der Waals surface area contributed by atoms with Crippen molar-refractivity contribution < 1.29 is 19.4 Å². The normalized spacial score (nSPS) is 47.3. The molecule has 4 aliphatic rings. The van der Waals surface area contributed by atoms with Gasteiger partial charge in [-0.25, -0.2) is 0 Å². The van der Waals surface area contributed by atoms with E-state index in [4.69, 9.17) is 4.42 Å². The van der Waals surface area contributed by atoms with Gasteiger partial charge in [-0.1, -0.05) is 6.92 Å². The quantitative estimate of drug-likeness (QED) is 0.712. The number of carbonyl (C=O) groups excluding carboxylic acids is 1. The van der Waals surface area contributed by atoms with E-state index in [2.05, 4.69) is 6.92 Å². The van der Waals surface area contributed by atoms with Crippen molar-refractivity contribution in [2.24, 2.45) is 35.0 Å². The van der Waals surface area contributed by atoms with E-state index in [0.717, 1.165) is 56.3 Å². The van der Waals surface area contributed by atoms with Crippen molar-refractivity contribution in [1.29, 1.82) is 0 Å². The molecule has 4 heteroatoms. The van der Waals surface area contributed by atoms with Gasteiger partial charge in [0.1, 0.15) is 5.76 Å². The Balaban J connectivity index is 1.41. The van der Waals surface area contributed by atoms with E-state index in [-0.39, 0.29) is 29.1 Å². The number of fused-ring (bicyclic) bond motifs is 5. The second kappa shape index (κ2) is 6.84. The van der Waals surface area contributed by atoms with Gasteiger partial charge in [-0.2, -0.15) is 0 Å². The Morgan fingerprint density at radius 1 is 1.14 bits per heavy atom. The van der Waals surface area contributed by atoms with Crippen LogP contribution in [-0.2, 0) is 4.79 Å². The SMILES string of the molecule is C[C@]12CC[C@H](O)C[C@@H]1CC[C@@H]1[C@@H]3CC/C(=C\c4ccco4)C(=O)[C@@H]3C[C@@H](O)[C@@H]12. The molecule has 0 unspecified atom stereocenters. The summed E-state index contributed by atoms with van der Waals surface area (Å²) in [7, 11) is 0. The van der Waals surface area contributed by atoms with Crippen molar-refractivity contribution >= 4 is 11.9 Å². The van der Waals surface area contributed by atoms with Gasteiger partial charge >= 0.3 is 0 Å². The molecular formula is C24H32O4. The molecule has 1 aromatic heterocycles. The van der Waals surface area contributed by atoms with Crippen molar-refractivity contribution in [2.75, 3.05) is 0 Å². The standard InChI is InChI=1S/C24H32O4/c1-24-9-8-16(25)12-15(24)5-7-19-18-6-4-14(11-17-3-2-10-28-17)23(27)20(18)13-21(26)22(19)24/h2-3,10-11,15-16,18-22,25-26H,4-9,12-13H2,1H3/b14-11+/t15-,16-,18-,19+,20+,21+,22+,24-/m0/s1. The van der Waals surface area contributed by atoms with Crippen LogP contribution in [0.1, 0.15) is 64.1 Å². The first kappa shape index (κ1) is 18.6. The van der Waals surface area contributed by atoms with Gasteiger partial charge in [0.05, 0.1) is 18.5 Å². The zero-order valence-electron chi connectivity index (χ0n) is 16.7. The number of rotatable bonds is 1. The maximum atomic E-state index is 13.3. The number of hydrogen-bond acceptors (Lipinski definition) is 4. The minimum absolute atomic E-state index is 0.0412. The van der Waals surface area contributed by atoms with E-state index in [1.165, 1.54) is 0 Å². The molecule has 0 aromatic carbocycles. The molecule has 5 rings (SSSR count). The molecule has 152 valence electrons. The predicted molar refractivity (Wildman–Crippen MR) is 106 cm³/mol. The van der Waals surface area contributed by atoms with Gasteiger partial charge in [-0.05, 0) is 104 Å². The first-order chi connectivity index (χ1) is 13.5. The summed E-state index contributed by atoms with van der Waals surface area (Å²) in [6, 6.07) is 3.73. The Morgan fingerprint density at radius 3 is 2.79 bits per heavy atom. The average Bonchev–Trinajstić information content (AvgIpc) is 3.18. The molecule has 4 fully saturated rings. The lowest BCUT2D eigenvalue weighted by Gasteiger charge is -2.61. The number of carbonyl (C=O) groups is 1. The van der Waals surface area contributed by atoms with Gasteiger partial charge in [0, 0.05) is 5.92 Å². The Morgan fingerprint density at radius 2 is 2.00 bits per heavy atom. The summed E-state index contributed by atoms with van der Waals surface area (Å²) >= 11 is 0. The van der Waals surface area contributed by atoms with Gasteiger partial charge in [0.2, 0.25) is 0 Å². The van der Waals surface area contributed by atoms with Crippen molar-refractivity contribution in [3.05, 3.63) is 29.7 Å². The lowest BCUT2D eigenvalue weighted by molar-refractivity contribution is -0.168. The summed E-state index contributed by atoms with van der Waals surface area (Å²) < 4.78 is 5.41. The second-order valence-corrected chi connectivity index (χ2v) is 10.1. The van der Waals surface area contributed by atoms with Crippen molar-refractivity contribution in [2.45, 2.75) is 70.5 Å². The number of hydrogen-bond donors (Lipinski definition) is 2. The van der Waals surface area contributed by atoms with Crippen molar-refractivity contribution in [1.82, 2.24) is 0 Å². The van der Waals surface area contributed by atoms with Gasteiger partial charge in [-0.15, -0.1) is 0 Å². The fourth-order valence-electron chi connectivity index (χ4n) is 7.52. The summed E-state index contributed by atoms with van der Waals surface area (Å²) in [5.74, 6) is 2.57. The van der Waals surface area contributed by atoms with Crippen LogP contribution in [0.4, 0.5) is 0 Å². The van der Waals surface area contributed by atoms with Crippen LogP contribution in [0.25, 0.3) is 6.08 Å². The van der Waals surface area contributed by atoms with Gasteiger partial charge in [-0.3, -0.25) is 4.79 Å². The lowest BCUT2D eigenvalue weighted by atomic mass is 9.45. The largest absolute Gasteiger partial charge is 0.465 e. The predicted octanol–water partition coefficient (Wildman–Crippen LogP) is 4.22. The van der Waals surface area contributed by atoms with E-state index >= 15 is 0 Å². The second-order valence-electron chi connectivity index (χ2n) is 10.1. The highest BCUT2D eigenvalue weighted by molar-refractivity contribution is 6.01. The smallest absolute Gasteiger partial charge is 0.162 e. The maximum Gasteiger partial charge on any atom is 0.162 e. The van der Waals surface area contributed by atoms with Gasteiger partial charge < -0.3 is 14.6 Å². The van der Waals surface area contributed by atoms with Crippen molar-refractivity contribution in [3.8, 4) is 0 Å². The Labute approximate surface area is 167 Å². The number of aliphatic hydroxyl groups is 2. The maximum absolute atomic E-state index is 13.3. The highest BCUT2D eigenvalue weighted by atomic mass is 16.3.